The Morgan fingerprint density at radius 2 is 2.00 bits per heavy atom. The number of nitrogens with zero attached hydrogens (tertiary/aromatic N) is 1. The molecular formula is C14H16N2O3S. The first-order valence-corrected chi connectivity index (χ1v) is 7.66. The molecule has 0 bridgehead atoms. The van der Waals surface area contributed by atoms with Gasteiger partial charge in [-0.1, -0.05) is 6.07 Å². The van der Waals surface area contributed by atoms with Crippen molar-refractivity contribution in [2.24, 2.45) is 0 Å². The Kier molecular flexibility index (Phi) is 3.94. The second-order valence-electron chi connectivity index (χ2n) is 4.46. The van der Waals surface area contributed by atoms with Crippen LogP contribution in [0, 0.1) is 6.92 Å². The number of hydrogen-bond acceptors (Lipinski definition) is 5. The Hall–Kier alpha value is -2.08. The second kappa shape index (κ2) is 5.50. The van der Waals surface area contributed by atoms with Crippen LogP contribution in [0.4, 0.5) is 5.69 Å². The molecule has 2 aromatic rings. The minimum absolute atomic E-state index is 0.172. The summed E-state index contributed by atoms with van der Waals surface area (Å²) in [6.45, 7) is 1.72. The summed E-state index contributed by atoms with van der Waals surface area (Å²) >= 11 is 0. The van der Waals surface area contributed by atoms with Crippen molar-refractivity contribution in [3.05, 3.63) is 47.7 Å². The minimum Gasteiger partial charge on any atom is -0.481 e. The van der Waals surface area contributed by atoms with Crippen LogP contribution in [0.5, 0.6) is 5.88 Å². The van der Waals surface area contributed by atoms with Crippen LogP contribution in [0.2, 0.25) is 0 Å². The van der Waals surface area contributed by atoms with Gasteiger partial charge in [-0.25, -0.2) is 13.4 Å². The van der Waals surface area contributed by atoms with Crippen LogP contribution in [-0.2, 0) is 15.6 Å². The van der Waals surface area contributed by atoms with Gasteiger partial charge in [0.2, 0.25) is 5.88 Å². The lowest BCUT2D eigenvalue weighted by Crippen LogP contribution is -2.08. The lowest BCUT2D eigenvalue weighted by Gasteiger charge is -2.08. The summed E-state index contributed by atoms with van der Waals surface area (Å²) in [5.74, 6) is 0.223. The Labute approximate surface area is 118 Å². The summed E-state index contributed by atoms with van der Waals surface area (Å²) < 4.78 is 29.8. The fourth-order valence-electron chi connectivity index (χ4n) is 1.95. The van der Waals surface area contributed by atoms with E-state index in [1.165, 1.54) is 13.2 Å². The molecule has 2 N–H and O–H groups in total. The zero-order chi connectivity index (χ0) is 14.8. The number of anilines is 1. The van der Waals surface area contributed by atoms with E-state index in [-0.39, 0.29) is 10.6 Å². The summed E-state index contributed by atoms with van der Waals surface area (Å²) in [5.41, 5.74) is 7.26. The van der Waals surface area contributed by atoms with Crippen LogP contribution in [0.25, 0.3) is 0 Å². The molecule has 0 aliphatic carbocycles. The summed E-state index contributed by atoms with van der Waals surface area (Å²) in [6.07, 6.45) is 0. The van der Waals surface area contributed by atoms with Crippen molar-refractivity contribution >= 4 is 15.5 Å². The molecule has 1 heterocycles. The maximum absolute atomic E-state index is 12.4. The number of nitrogens with two attached hydrogens (primary N) is 1. The number of nitrogen functional groups attached to an aromatic ring is 1. The van der Waals surface area contributed by atoms with Crippen LogP contribution in [-0.4, -0.2) is 20.5 Å². The molecule has 0 radical (unpaired) electrons. The molecule has 6 heteroatoms. The molecule has 1 aromatic carbocycles. The molecule has 0 atom stereocenters. The minimum atomic E-state index is -3.46. The van der Waals surface area contributed by atoms with Gasteiger partial charge in [-0.3, -0.25) is 0 Å². The first-order valence-electron chi connectivity index (χ1n) is 6.01. The van der Waals surface area contributed by atoms with E-state index in [9.17, 15) is 8.42 Å². The molecule has 2 rings (SSSR count). The zero-order valence-corrected chi connectivity index (χ0v) is 12.1. The maximum atomic E-state index is 12.4. The molecule has 0 spiro atoms. The summed E-state index contributed by atoms with van der Waals surface area (Å²) in [4.78, 5) is 4.40. The highest BCUT2D eigenvalue weighted by Crippen LogP contribution is 2.22. The highest BCUT2D eigenvalue weighted by atomic mass is 32.2. The number of rotatable bonds is 4. The van der Waals surface area contributed by atoms with Crippen molar-refractivity contribution in [2.45, 2.75) is 17.6 Å². The van der Waals surface area contributed by atoms with Crippen LogP contribution >= 0.6 is 0 Å². The molecule has 0 saturated carbocycles. The Balaban J connectivity index is 2.35. The van der Waals surface area contributed by atoms with Gasteiger partial charge in [-0.15, -0.1) is 0 Å². The molecule has 0 amide bonds. The van der Waals surface area contributed by atoms with E-state index >= 15 is 0 Å². The molecule has 0 fully saturated rings. The first-order chi connectivity index (χ1) is 9.42. The average Bonchev–Trinajstić information content (AvgIpc) is 2.37. The smallest absolute Gasteiger partial charge is 0.213 e. The Morgan fingerprint density at radius 3 is 2.65 bits per heavy atom. The average molecular weight is 292 g/mol. The third-order valence-electron chi connectivity index (χ3n) is 2.86. The van der Waals surface area contributed by atoms with Gasteiger partial charge in [0.15, 0.2) is 9.84 Å². The molecule has 106 valence electrons. The fourth-order valence-corrected chi connectivity index (χ4v) is 3.48. The molecule has 0 saturated heterocycles. The number of aromatic nitrogens is 1. The van der Waals surface area contributed by atoms with Crippen molar-refractivity contribution in [3.63, 3.8) is 0 Å². The predicted octanol–water partition coefficient (Wildman–Crippen LogP) is 1.95. The molecule has 1 aromatic heterocycles. The Morgan fingerprint density at radius 1 is 1.25 bits per heavy atom. The van der Waals surface area contributed by atoms with Crippen LogP contribution in [0.15, 0.2) is 41.3 Å². The topological polar surface area (TPSA) is 82.3 Å². The lowest BCUT2D eigenvalue weighted by molar-refractivity contribution is 0.396. The number of sulfone groups is 1. The van der Waals surface area contributed by atoms with E-state index in [1.807, 2.05) is 0 Å². The van der Waals surface area contributed by atoms with Gasteiger partial charge in [0.05, 0.1) is 23.5 Å². The van der Waals surface area contributed by atoms with Gasteiger partial charge < -0.3 is 10.5 Å². The van der Waals surface area contributed by atoms with Gasteiger partial charge in [0, 0.05) is 11.8 Å². The number of benzene rings is 1. The monoisotopic (exact) mass is 292 g/mol. The third kappa shape index (κ3) is 3.08. The highest BCUT2D eigenvalue weighted by molar-refractivity contribution is 7.90. The predicted molar refractivity (Wildman–Crippen MR) is 77.3 cm³/mol. The molecule has 0 aliphatic heterocycles. The first kappa shape index (κ1) is 14.3. The zero-order valence-electron chi connectivity index (χ0n) is 11.3. The van der Waals surface area contributed by atoms with E-state index < -0.39 is 9.84 Å². The van der Waals surface area contributed by atoms with Crippen molar-refractivity contribution in [3.8, 4) is 5.88 Å². The highest BCUT2D eigenvalue weighted by Gasteiger charge is 2.18. The van der Waals surface area contributed by atoms with Crippen molar-refractivity contribution in [1.29, 1.82) is 0 Å². The Bertz CT molecular complexity index is 727. The molecular weight excluding hydrogens is 276 g/mol. The lowest BCUT2D eigenvalue weighted by atomic mass is 10.2. The van der Waals surface area contributed by atoms with Gasteiger partial charge >= 0.3 is 0 Å². The van der Waals surface area contributed by atoms with Gasteiger partial charge in [-0.2, -0.15) is 0 Å². The largest absolute Gasteiger partial charge is 0.481 e. The third-order valence-corrected chi connectivity index (χ3v) is 4.67. The number of ether oxygens (including phenoxy) is 1. The van der Waals surface area contributed by atoms with Gasteiger partial charge in [-0.05, 0) is 36.8 Å². The van der Waals surface area contributed by atoms with Crippen molar-refractivity contribution in [2.75, 3.05) is 12.8 Å². The summed E-state index contributed by atoms with van der Waals surface area (Å²) in [6, 6.07) is 9.80. The van der Waals surface area contributed by atoms with Crippen LogP contribution < -0.4 is 10.5 Å². The standard InChI is InChI=1S/C14H16N2O3S/c1-10-8-11(15)6-7-13(10)20(17,18)9-12-4-3-5-14(16-12)19-2/h3-8H,9,15H2,1-2H3. The fraction of sp³-hybridized carbons (Fsp3) is 0.214. The van der Waals surface area contributed by atoms with Crippen LogP contribution in [0.3, 0.4) is 0 Å². The summed E-state index contributed by atoms with van der Waals surface area (Å²) in [5, 5.41) is 0. The quantitative estimate of drug-likeness (QED) is 0.871. The molecule has 5 nitrogen and oxygen atoms in total. The number of hydrogen-bond donors (Lipinski definition) is 1. The number of aryl methyl sites for hydroxylation is 1. The molecule has 20 heavy (non-hydrogen) atoms. The van der Waals surface area contributed by atoms with E-state index in [0.717, 1.165) is 0 Å². The second-order valence-corrected chi connectivity index (χ2v) is 6.41. The number of pyridine rings is 1. The molecule has 0 unspecified atom stereocenters. The normalized spacial score (nSPS) is 11.3. The van der Waals surface area contributed by atoms with Crippen molar-refractivity contribution in [1.82, 2.24) is 4.98 Å². The van der Waals surface area contributed by atoms with Crippen molar-refractivity contribution < 1.29 is 13.2 Å². The SMILES string of the molecule is COc1cccc(CS(=O)(=O)c2ccc(N)cc2C)n1. The molecule has 0 aliphatic rings. The van der Waals surface area contributed by atoms with Gasteiger partial charge in [0.1, 0.15) is 0 Å². The maximum Gasteiger partial charge on any atom is 0.213 e. The van der Waals surface area contributed by atoms with Crippen LogP contribution in [0.1, 0.15) is 11.3 Å². The van der Waals surface area contributed by atoms with E-state index in [4.69, 9.17) is 10.5 Å². The van der Waals surface area contributed by atoms with E-state index in [2.05, 4.69) is 4.98 Å². The number of methoxy groups -OCH3 is 1. The summed E-state index contributed by atoms with van der Waals surface area (Å²) in [7, 11) is -1.97. The van der Waals surface area contributed by atoms with E-state index in [0.29, 0.717) is 22.8 Å². The van der Waals surface area contributed by atoms with E-state index in [1.54, 1.807) is 37.3 Å². The van der Waals surface area contributed by atoms with Gasteiger partial charge in [0.25, 0.3) is 0 Å².